The lowest BCUT2D eigenvalue weighted by Gasteiger charge is -2.15. The fourth-order valence-electron chi connectivity index (χ4n) is 3.62. The first-order valence-corrected chi connectivity index (χ1v) is 9.54. The first-order valence-electron chi connectivity index (χ1n) is 9.16. The van der Waals surface area contributed by atoms with Gasteiger partial charge in [-0.05, 0) is 24.3 Å². The molecule has 158 valence electrons. The molecular formula is C22H19ClF3NO3. The standard InChI is InChI=1S/C22H19ClF3NO3/c1-20(2)18(21(20,23)13-22(24,25)26)19(28)30-17(12-27)14-7-6-10-16(11-14)29-15-8-4-3-5-9-15/h3-11,17-18H,13H2,1-2H3. The lowest BCUT2D eigenvalue weighted by atomic mass is 10.1. The lowest BCUT2D eigenvalue weighted by molar-refractivity contribution is -0.151. The van der Waals surface area contributed by atoms with Gasteiger partial charge in [-0.1, -0.05) is 44.2 Å². The van der Waals surface area contributed by atoms with Crippen LogP contribution in [0.4, 0.5) is 13.2 Å². The van der Waals surface area contributed by atoms with E-state index in [0.29, 0.717) is 17.1 Å². The normalized spacial score (nSPS) is 23.2. The Morgan fingerprint density at radius 2 is 1.80 bits per heavy atom. The summed E-state index contributed by atoms with van der Waals surface area (Å²) >= 11 is 6.15. The van der Waals surface area contributed by atoms with Crippen LogP contribution < -0.4 is 4.74 Å². The second-order valence-electron chi connectivity index (χ2n) is 7.74. The number of ether oxygens (including phenoxy) is 2. The highest BCUT2D eigenvalue weighted by atomic mass is 35.5. The Morgan fingerprint density at radius 1 is 1.17 bits per heavy atom. The highest BCUT2D eigenvalue weighted by Crippen LogP contribution is 2.70. The van der Waals surface area contributed by atoms with Crippen molar-refractivity contribution in [1.82, 2.24) is 0 Å². The van der Waals surface area contributed by atoms with E-state index in [2.05, 4.69) is 0 Å². The number of esters is 1. The zero-order chi connectivity index (χ0) is 22.2. The molecule has 3 unspecified atom stereocenters. The van der Waals surface area contributed by atoms with Crippen molar-refractivity contribution < 1.29 is 27.4 Å². The van der Waals surface area contributed by atoms with Crippen LogP contribution in [0.3, 0.4) is 0 Å². The molecule has 0 spiro atoms. The van der Waals surface area contributed by atoms with E-state index < -0.39 is 40.9 Å². The number of carbonyl (C=O) groups excluding carboxylic acids is 1. The van der Waals surface area contributed by atoms with E-state index >= 15 is 0 Å². The van der Waals surface area contributed by atoms with E-state index in [4.69, 9.17) is 21.1 Å². The SMILES string of the molecule is CC1(C)C(C(=O)OC(C#N)c2cccc(Oc3ccccc3)c2)C1(Cl)CC(F)(F)F. The van der Waals surface area contributed by atoms with E-state index in [1.165, 1.54) is 19.9 Å². The molecule has 4 nitrogen and oxygen atoms in total. The first kappa shape index (κ1) is 22.0. The molecular weight excluding hydrogens is 419 g/mol. The number of rotatable bonds is 6. The Kier molecular flexibility index (Phi) is 5.74. The Balaban J connectivity index is 1.74. The third-order valence-electron chi connectivity index (χ3n) is 5.35. The lowest BCUT2D eigenvalue weighted by Crippen LogP contribution is -2.23. The van der Waals surface area contributed by atoms with Crippen molar-refractivity contribution >= 4 is 17.6 Å². The van der Waals surface area contributed by atoms with Gasteiger partial charge in [0.1, 0.15) is 17.6 Å². The molecule has 0 aromatic heterocycles. The maximum atomic E-state index is 12.9. The molecule has 30 heavy (non-hydrogen) atoms. The van der Waals surface area contributed by atoms with Crippen LogP contribution >= 0.6 is 11.6 Å². The third kappa shape index (κ3) is 4.39. The van der Waals surface area contributed by atoms with Crippen molar-refractivity contribution in [1.29, 1.82) is 5.26 Å². The van der Waals surface area contributed by atoms with Crippen molar-refractivity contribution in [3.63, 3.8) is 0 Å². The fourth-order valence-corrected chi connectivity index (χ4v) is 4.19. The number of benzene rings is 2. The van der Waals surface area contributed by atoms with Gasteiger partial charge in [-0.2, -0.15) is 18.4 Å². The third-order valence-corrected chi connectivity index (χ3v) is 6.19. The number of hydrogen-bond acceptors (Lipinski definition) is 4. The maximum Gasteiger partial charge on any atom is 0.390 e. The molecule has 2 aromatic rings. The Hall–Kier alpha value is -2.72. The first-order chi connectivity index (χ1) is 14.0. The summed E-state index contributed by atoms with van der Waals surface area (Å²) in [7, 11) is 0. The summed E-state index contributed by atoms with van der Waals surface area (Å²) in [5.41, 5.74) is -0.770. The zero-order valence-corrected chi connectivity index (χ0v) is 17.0. The monoisotopic (exact) mass is 437 g/mol. The minimum Gasteiger partial charge on any atom is -0.457 e. The minimum atomic E-state index is -4.52. The zero-order valence-electron chi connectivity index (χ0n) is 16.2. The fraction of sp³-hybridized carbons (Fsp3) is 0.364. The number of nitrogens with zero attached hydrogens (tertiary/aromatic N) is 1. The van der Waals surface area contributed by atoms with Gasteiger partial charge in [-0.3, -0.25) is 4.79 Å². The highest BCUT2D eigenvalue weighted by Gasteiger charge is 2.76. The van der Waals surface area contributed by atoms with Crippen molar-refractivity contribution in [2.75, 3.05) is 0 Å². The predicted octanol–water partition coefficient (Wildman–Crippen LogP) is 6.17. The molecule has 0 radical (unpaired) electrons. The Bertz CT molecular complexity index is 972. The summed E-state index contributed by atoms with van der Waals surface area (Å²) in [6.45, 7) is 2.96. The van der Waals surface area contributed by atoms with Gasteiger partial charge in [-0.25, -0.2) is 0 Å². The van der Waals surface area contributed by atoms with Gasteiger partial charge in [0.25, 0.3) is 0 Å². The van der Waals surface area contributed by atoms with Crippen LogP contribution in [-0.2, 0) is 9.53 Å². The van der Waals surface area contributed by atoms with Gasteiger partial charge in [0.05, 0.1) is 17.2 Å². The summed E-state index contributed by atoms with van der Waals surface area (Å²) in [4.78, 5) is 10.8. The number of halogens is 4. The van der Waals surface area contributed by atoms with Crippen LogP contribution in [0.25, 0.3) is 0 Å². The van der Waals surface area contributed by atoms with Gasteiger partial charge in [-0.15, -0.1) is 11.6 Å². The summed E-state index contributed by atoms with van der Waals surface area (Å²) < 4.78 is 49.6. The molecule has 0 amide bonds. The molecule has 2 aromatic carbocycles. The molecule has 1 saturated carbocycles. The number of nitriles is 1. The molecule has 1 aliphatic rings. The van der Waals surface area contributed by atoms with Crippen LogP contribution in [0.1, 0.15) is 31.9 Å². The molecule has 0 aliphatic heterocycles. The van der Waals surface area contributed by atoms with E-state index in [1.54, 1.807) is 42.5 Å². The van der Waals surface area contributed by atoms with Gasteiger partial charge in [0.15, 0.2) is 0 Å². The van der Waals surface area contributed by atoms with Crippen molar-refractivity contribution in [3.05, 3.63) is 60.2 Å². The Morgan fingerprint density at radius 3 is 2.40 bits per heavy atom. The van der Waals surface area contributed by atoms with E-state index in [1.807, 2.05) is 12.1 Å². The topological polar surface area (TPSA) is 59.3 Å². The molecule has 8 heteroatoms. The van der Waals surface area contributed by atoms with Crippen LogP contribution in [0.5, 0.6) is 11.5 Å². The van der Waals surface area contributed by atoms with Gasteiger partial charge in [0.2, 0.25) is 6.10 Å². The summed E-state index contributed by atoms with van der Waals surface area (Å²) in [5, 5.41) is 9.48. The van der Waals surface area contributed by atoms with Crippen molar-refractivity contribution in [3.8, 4) is 17.6 Å². The van der Waals surface area contributed by atoms with E-state index in [9.17, 15) is 23.2 Å². The average Bonchev–Trinajstić information content (AvgIpc) is 3.09. The smallest absolute Gasteiger partial charge is 0.390 e. The number of carbonyl (C=O) groups is 1. The molecule has 0 saturated heterocycles. The van der Waals surface area contributed by atoms with Crippen LogP contribution in [0.15, 0.2) is 54.6 Å². The van der Waals surface area contributed by atoms with Crippen LogP contribution in [-0.4, -0.2) is 17.0 Å². The van der Waals surface area contributed by atoms with Gasteiger partial charge in [0, 0.05) is 11.0 Å². The number of alkyl halides is 4. The molecule has 1 fully saturated rings. The summed E-state index contributed by atoms with van der Waals surface area (Å²) in [5.74, 6) is -1.10. The largest absolute Gasteiger partial charge is 0.457 e. The summed E-state index contributed by atoms with van der Waals surface area (Å²) in [6, 6.07) is 17.2. The van der Waals surface area contributed by atoms with Crippen LogP contribution in [0.2, 0.25) is 0 Å². The summed E-state index contributed by atoms with van der Waals surface area (Å²) in [6.07, 6.45) is -7.14. The van der Waals surface area contributed by atoms with E-state index in [0.717, 1.165) is 0 Å². The molecule has 0 bridgehead atoms. The van der Waals surface area contributed by atoms with E-state index in [-0.39, 0.29) is 0 Å². The number of para-hydroxylation sites is 1. The van der Waals surface area contributed by atoms with Crippen LogP contribution in [0, 0.1) is 22.7 Å². The van der Waals surface area contributed by atoms with Gasteiger partial charge < -0.3 is 9.47 Å². The molecule has 0 heterocycles. The maximum absolute atomic E-state index is 12.9. The molecule has 3 atom stereocenters. The average molecular weight is 438 g/mol. The second kappa shape index (κ2) is 7.84. The Labute approximate surface area is 177 Å². The quantitative estimate of drug-likeness (QED) is 0.400. The van der Waals surface area contributed by atoms with Gasteiger partial charge >= 0.3 is 12.1 Å². The van der Waals surface area contributed by atoms with Crippen molar-refractivity contribution in [2.45, 2.75) is 37.4 Å². The molecule has 0 N–H and O–H groups in total. The minimum absolute atomic E-state index is 0.341. The second-order valence-corrected chi connectivity index (χ2v) is 8.42. The number of hydrogen-bond donors (Lipinski definition) is 0. The highest BCUT2D eigenvalue weighted by molar-refractivity contribution is 6.29. The molecule has 3 rings (SSSR count). The predicted molar refractivity (Wildman–Crippen MR) is 104 cm³/mol. The van der Waals surface area contributed by atoms with Crippen molar-refractivity contribution in [2.24, 2.45) is 11.3 Å². The molecule has 1 aliphatic carbocycles.